The molecule has 1 aromatic carbocycles. The van der Waals surface area contributed by atoms with Gasteiger partial charge in [0.1, 0.15) is 0 Å². The largest absolute Gasteiger partial charge is 0.329 e. The van der Waals surface area contributed by atoms with E-state index in [1.807, 2.05) is 11.8 Å². The van der Waals surface area contributed by atoms with Crippen molar-refractivity contribution in [1.82, 2.24) is 4.90 Å². The van der Waals surface area contributed by atoms with Gasteiger partial charge < -0.3 is 5.73 Å². The molecule has 1 aliphatic heterocycles. The molecule has 1 aromatic rings. The first-order chi connectivity index (χ1) is 8.76. The molecule has 100 valence electrons. The summed E-state index contributed by atoms with van der Waals surface area (Å²) >= 11 is 2.01. The number of nitrogens with zero attached hydrogens (tertiary/aromatic N) is 1. The molecule has 1 saturated heterocycles. The highest BCUT2D eigenvalue weighted by atomic mass is 32.2. The van der Waals surface area contributed by atoms with Crippen molar-refractivity contribution < 1.29 is 0 Å². The summed E-state index contributed by atoms with van der Waals surface area (Å²) in [6.45, 7) is 5.27. The topological polar surface area (TPSA) is 29.3 Å². The lowest BCUT2D eigenvalue weighted by Crippen LogP contribution is -2.40. The summed E-state index contributed by atoms with van der Waals surface area (Å²) in [5.41, 5.74) is 8.79. The van der Waals surface area contributed by atoms with Crippen LogP contribution in [-0.2, 0) is 0 Å². The monoisotopic (exact) mass is 264 g/mol. The second kappa shape index (κ2) is 6.60. The zero-order valence-electron chi connectivity index (χ0n) is 11.4. The van der Waals surface area contributed by atoms with Gasteiger partial charge in [-0.1, -0.05) is 24.3 Å². The quantitative estimate of drug-likeness (QED) is 0.907. The van der Waals surface area contributed by atoms with Crippen LogP contribution < -0.4 is 5.73 Å². The molecule has 1 atom stereocenters. The van der Waals surface area contributed by atoms with E-state index in [2.05, 4.69) is 42.3 Å². The van der Waals surface area contributed by atoms with Crippen LogP contribution in [0.2, 0.25) is 0 Å². The van der Waals surface area contributed by atoms with E-state index >= 15 is 0 Å². The van der Waals surface area contributed by atoms with Crippen LogP contribution in [0.5, 0.6) is 0 Å². The van der Waals surface area contributed by atoms with Crippen LogP contribution in [0, 0.1) is 6.92 Å². The Morgan fingerprint density at radius 1 is 1.33 bits per heavy atom. The van der Waals surface area contributed by atoms with E-state index in [1.165, 1.54) is 37.1 Å². The van der Waals surface area contributed by atoms with Crippen LogP contribution in [0.3, 0.4) is 0 Å². The Bertz CT molecular complexity index is 373. The molecule has 1 unspecified atom stereocenters. The van der Waals surface area contributed by atoms with Crippen LogP contribution in [0.15, 0.2) is 24.3 Å². The Balaban J connectivity index is 2.08. The van der Waals surface area contributed by atoms with E-state index in [0.717, 1.165) is 11.8 Å². The van der Waals surface area contributed by atoms with E-state index in [9.17, 15) is 0 Å². The molecule has 0 spiro atoms. The third-order valence-corrected chi connectivity index (χ3v) is 5.16. The number of rotatable bonds is 4. The maximum absolute atomic E-state index is 6.02. The van der Waals surface area contributed by atoms with Gasteiger partial charge in [0, 0.05) is 17.8 Å². The Kier molecular flexibility index (Phi) is 5.10. The average Bonchev–Trinajstić information content (AvgIpc) is 2.42. The third-order valence-electron chi connectivity index (χ3n) is 4.02. The molecule has 18 heavy (non-hydrogen) atoms. The fraction of sp³-hybridized carbons (Fsp3) is 0.600. The normalized spacial score (nSPS) is 19.9. The summed E-state index contributed by atoms with van der Waals surface area (Å²) in [6, 6.07) is 9.04. The molecule has 2 N–H and O–H groups in total. The first kappa shape index (κ1) is 13.9. The molecule has 0 radical (unpaired) electrons. The smallest absolute Gasteiger partial charge is 0.0473 e. The van der Waals surface area contributed by atoms with Crippen LogP contribution in [-0.4, -0.2) is 36.0 Å². The van der Waals surface area contributed by atoms with Gasteiger partial charge in [0.15, 0.2) is 0 Å². The Morgan fingerprint density at radius 2 is 2.00 bits per heavy atom. The number of nitrogens with two attached hydrogens (primary N) is 1. The molecule has 0 bridgehead atoms. The lowest BCUT2D eigenvalue weighted by Gasteiger charge is -2.37. The number of aryl methyl sites for hydroxylation is 1. The van der Waals surface area contributed by atoms with Gasteiger partial charge in [-0.05, 0) is 50.2 Å². The number of hydrogen-bond donors (Lipinski definition) is 1. The van der Waals surface area contributed by atoms with Crippen LogP contribution >= 0.6 is 11.8 Å². The van der Waals surface area contributed by atoms with Gasteiger partial charge in [0.2, 0.25) is 0 Å². The SMILES string of the molecule is CSC1CCN(C(CN)c2ccccc2C)CC1. The van der Waals surface area contributed by atoms with E-state index < -0.39 is 0 Å². The molecule has 0 aliphatic carbocycles. The van der Waals surface area contributed by atoms with E-state index in [4.69, 9.17) is 5.73 Å². The summed E-state index contributed by atoms with van der Waals surface area (Å²) in [5.74, 6) is 0. The minimum absolute atomic E-state index is 0.397. The molecule has 2 nitrogen and oxygen atoms in total. The number of benzene rings is 1. The molecule has 1 heterocycles. The maximum atomic E-state index is 6.02. The highest BCUT2D eigenvalue weighted by Gasteiger charge is 2.25. The van der Waals surface area contributed by atoms with Gasteiger partial charge in [-0.15, -0.1) is 0 Å². The summed E-state index contributed by atoms with van der Waals surface area (Å²) in [6.07, 6.45) is 4.81. The molecule has 1 aliphatic rings. The first-order valence-electron chi connectivity index (χ1n) is 6.78. The molecule has 2 rings (SSSR count). The Morgan fingerprint density at radius 3 is 2.56 bits per heavy atom. The fourth-order valence-corrected chi connectivity index (χ4v) is 3.54. The van der Waals surface area contributed by atoms with Crippen molar-refractivity contribution in [2.75, 3.05) is 25.9 Å². The number of hydrogen-bond acceptors (Lipinski definition) is 3. The van der Waals surface area contributed by atoms with Gasteiger partial charge in [-0.2, -0.15) is 11.8 Å². The van der Waals surface area contributed by atoms with Crippen molar-refractivity contribution in [3.8, 4) is 0 Å². The van der Waals surface area contributed by atoms with Crippen molar-refractivity contribution in [1.29, 1.82) is 0 Å². The highest BCUT2D eigenvalue weighted by molar-refractivity contribution is 7.99. The van der Waals surface area contributed by atoms with E-state index in [1.54, 1.807) is 0 Å². The van der Waals surface area contributed by atoms with Gasteiger partial charge in [0.05, 0.1) is 0 Å². The maximum Gasteiger partial charge on any atom is 0.0473 e. The standard InChI is InChI=1S/C15H24N2S/c1-12-5-3-4-6-14(12)15(11-16)17-9-7-13(18-2)8-10-17/h3-6,13,15H,7-11,16H2,1-2H3. The summed E-state index contributed by atoms with van der Waals surface area (Å²) < 4.78 is 0. The van der Waals surface area contributed by atoms with Gasteiger partial charge in [-0.25, -0.2) is 0 Å². The third kappa shape index (κ3) is 3.08. The van der Waals surface area contributed by atoms with Crippen molar-refractivity contribution >= 4 is 11.8 Å². The second-order valence-corrected chi connectivity index (χ2v) is 6.22. The lowest BCUT2D eigenvalue weighted by molar-refractivity contribution is 0.170. The number of piperidine rings is 1. The van der Waals surface area contributed by atoms with Gasteiger partial charge in [0.25, 0.3) is 0 Å². The summed E-state index contributed by atoms with van der Waals surface area (Å²) in [4.78, 5) is 2.56. The first-order valence-corrected chi connectivity index (χ1v) is 8.07. The average molecular weight is 264 g/mol. The fourth-order valence-electron chi connectivity index (χ4n) is 2.86. The van der Waals surface area contributed by atoms with E-state index in [-0.39, 0.29) is 0 Å². The minimum Gasteiger partial charge on any atom is -0.329 e. The number of thioether (sulfide) groups is 1. The molecular weight excluding hydrogens is 240 g/mol. The predicted molar refractivity (Wildman–Crippen MR) is 81.1 cm³/mol. The van der Waals surface area contributed by atoms with Crippen LogP contribution in [0.4, 0.5) is 0 Å². The molecule has 1 fully saturated rings. The Labute approximate surface area is 115 Å². The molecular formula is C15H24N2S. The van der Waals surface area contributed by atoms with Gasteiger partial charge in [-0.3, -0.25) is 4.90 Å². The van der Waals surface area contributed by atoms with E-state index in [0.29, 0.717) is 6.04 Å². The lowest BCUT2D eigenvalue weighted by atomic mass is 9.98. The summed E-state index contributed by atoms with van der Waals surface area (Å²) in [5, 5.41) is 0.844. The molecule has 0 saturated carbocycles. The summed E-state index contributed by atoms with van der Waals surface area (Å²) in [7, 11) is 0. The van der Waals surface area contributed by atoms with Gasteiger partial charge >= 0.3 is 0 Å². The number of likely N-dealkylation sites (tertiary alicyclic amines) is 1. The van der Waals surface area contributed by atoms with Crippen LogP contribution in [0.1, 0.15) is 30.0 Å². The minimum atomic E-state index is 0.397. The second-order valence-electron chi connectivity index (χ2n) is 5.08. The zero-order chi connectivity index (χ0) is 13.0. The zero-order valence-corrected chi connectivity index (χ0v) is 12.2. The Hall–Kier alpha value is -0.510. The van der Waals surface area contributed by atoms with Crippen LogP contribution in [0.25, 0.3) is 0 Å². The highest BCUT2D eigenvalue weighted by Crippen LogP contribution is 2.29. The van der Waals surface area contributed by atoms with Crippen molar-refractivity contribution in [2.45, 2.75) is 31.1 Å². The van der Waals surface area contributed by atoms with Crippen molar-refractivity contribution in [2.24, 2.45) is 5.73 Å². The van der Waals surface area contributed by atoms with Crippen molar-refractivity contribution in [3.05, 3.63) is 35.4 Å². The molecule has 0 amide bonds. The molecule has 3 heteroatoms. The molecule has 0 aromatic heterocycles. The van der Waals surface area contributed by atoms with Crippen molar-refractivity contribution in [3.63, 3.8) is 0 Å². The predicted octanol–water partition coefficient (Wildman–Crippen LogP) is 2.82.